The summed E-state index contributed by atoms with van der Waals surface area (Å²) in [5.41, 5.74) is 1.13. The van der Waals surface area contributed by atoms with Crippen molar-refractivity contribution in [1.82, 2.24) is 4.98 Å². The minimum atomic E-state index is -0.444. The largest absolute Gasteiger partial charge is 0.497 e. The summed E-state index contributed by atoms with van der Waals surface area (Å²) < 4.78 is 15.6. The molecule has 0 aliphatic heterocycles. The van der Waals surface area contributed by atoms with Crippen molar-refractivity contribution in [2.45, 2.75) is 20.0 Å². The van der Waals surface area contributed by atoms with E-state index in [0.717, 1.165) is 17.1 Å². The van der Waals surface area contributed by atoms with Gasteiger partial charge in [-0.1, -0.05) is 6.92 Å². The van der Waals surface area contributed by atoms with Gasteiger partial charge in [0, 0.05) is 11.4 Å². The zero-order valence-corrected chi connectivity index (χ0v) is 13.0. The van der Waals surface area contributed by atoms with Gasteiger partial charge in [-0.2, -0.15) is 0 Å². The Morgan fingerprint density at radius 1 is 1.29 bits per heavy atom. The van der Waals surface area contributed by atoms with Crippen molar-refractivity contribution in [1.29, 1.82) is 0 Å². The quantitative estimate of drug-likeness (QED) is 0.768. The first-order chi connectivity index (χ1) is 10.2. The summed E-state index contributed by atoms with van der Waals surface area (Å²) in [5.74, 6) is 0.600. The number of benzene rings is 1. The highest BCUT2D eigenvalue weighted by Gasteiger charge is 2.15. The van der Waals surface area contributed by atoms with E-state index in [-0.39, 0.29) is 6.61 Å². The minimum absolute atomic E-state index is 0.157. The zero-order chi connectivity index (χ0) is 15.2. The summed E-state index contributed by atoms with van der Waals surface area (Å²) in [6.07, 6.45) is 0.880. The van der Waals surface area contributed by atoms with Crippen molar-refractivity contribution in [3.8, 4) is 11.5 Å². The van der Waals surface area contributed by atoms with Crippen molar-refractivity contribution in [2.24, 2.45) is 0 Å². The number of esters is 1. The number of hydrogen-bond acceptors (Lipinski definition) is 6. The lowest BCUT2D eigenvalue weighted by molar-refractivity contribution is 0.0464. The van der Waals surface area contributed by atoms with E-state index in [9.17, 15) is 4.79 Å². The number of aromatic nitrogens is 1. The van der Waals surface area contributed by atoms with Gasteiger partial charge in [0.2, 0.25) is 0 Å². The monoisotopic (exact) mass is 307 g/mol. The van der Waals surface area contributed by atoms with Crippen LogP contribution in [-0.2, 0) is 17.8 Å². The van der Waals surface area contributed by atoms with Crippen LogP contribution >= 0.6 is 11.3 Å². The van der Waals surface area contributed by atoms with Gasteiger partial charge in [0.25, 0.3) is 0 Å². The van der Waals surface area contributed by atoms with Gasteiger partial charge < -0.3 is 14.2 Å². The molecule has 0 bridgehead atoms. The molecule has 0 fully saturated rings. The van der Waals surface area contributed by atoms with Gasteiger partial charge in [0.1, 0.15) is 23.7 Å². The van der Waals surface area contributed by atoms with Gasteiger partial charge in [-0.15, -0.1) is 11.3 Å². The summed E-state index contributed by atoms with van der Waals surface area (Å²) >= 11 is 1.57. The molecule has 2 rings (SSSR count). The van der Waals surface area contributed by atoms with Crippen LogP contribution in [0.4, 0.5) is 0 Å². The van der Waals surface area contributed by atoms with Gasteiger partial charge in [-0.05, 0) is 18.6 Å². The summed E-state index contributed by atoms with van der Waals surface area (Å²) in [4.78, 5) is 16.5. The molecule has 1 aromatic heterocycles. The van der Waals surface area contributed by atoms with Gasteiger partial charge in [0.05, 0.1) is 24.9 Å². The number of thiazole rings is 1. The van der Waals surface area contributed by atoms with Gasteiger partial charge >= 0.3 is 5.97 Å². The predicted molar refractivity (Wildman–Crippen MR) is 80.2 cm³/mol. The lowest BCUT2D eigenvalue weighted by Gasteiger charge is -2.09. The van der Waals surface area contributed by atoms with Crippen LogP contribution in [0.15, 0.2) is 23.6 Å². The van der Waals surface area contributed by atoms with Crippen molar-refractivity contribution in [3.05, 3.63) is 39.8 Å². The summed E-state index contributed by atoms with van der Waals surface area (Å²) in [7, 11) is 3.06. The second kappa shape index (κ2) is 7.08. The molecule has 0 saturated heterocycles. The van der Waals surface area contributed by atoms with E-state index in [2.05, 4.69) is 4.98 Å². The normalized spacial score (nSPS) is 10.2. The van der Waals surface area contributed by atoms with E-state index in [1.807, 2.05) is 12.3 Å². The molecule has 112 valence electrons. The fourth-order valence-electron chi connectivity index (χ4n) is 1.76. The molecule has 5 nitrogen and oxygen atoms in total. The molecule has 21 heavy (non-hydrogen) atoms. The average Bonchev–Trinajstić information content (AvgIpc) is 3.00. The third kappa shape index (κ3) is 3.72. The van der Waals surface area contributed by atoms with Crippen LogP contribution in [0, 0.1) is 0 Å². The van der Waals surface area contributed by atoms with Crippen LogP contribution in [0.5, 0.6) is 11.5 Å². The highest BCUT2D eigenvalue weighted by Crippen LogP contribution is 2.25. The van der Waals surface area contributed by atoms with Crippen molar-refractivity contribution in [3.63, 3.8) is 0 Å². The maximum atomic E-state index is 12.1. The van der Waals surface area contributed by atoms with Crippen LogP contribution in [0.25, 0.3) is 0 Å². The molecule has 0 atom stereocenters. The van der Waals surface area contributed by atoms with Gasteiger partial charge in [0.15, 0.2) is 0 Å². The number of aryl methyl sites for hydroxylation is 1. The number of carbonyl (C=O) groups excluding carboxylic acids is 1. The molecule has 2 aromatic rings. The van der Waals surface area contributed by atoms with E-state index in [4.69, 9.17) is 14.2 Å². The van der Waals surface area contributed by atoms with Crippen LogP contribution in [0.1, 0.15) is 28.0 Å². The maximum Gasteiger partial charge on any atom is 0.342 e. The highest BCUT2D eigenvalue weighted by molar-refractivity contribution is 7.09. The third-order valence-electron chi connectivity index (χ3n) is 2.88. The number of hydrogen-bond donors (Lipinski definition) is 0. The average molecular weight is 307 g/mol. The molecule has 0 aliphatic rings. The molecular weight excluding hydrogens is 290 g/mol. The molecule has 0 unspecified atom stereocenters. The zero-order valence-electron chi connectivity index (χ0n) is 12.2. The van der Waals surface area contributed by atoms with Gasteiger partial charge in [-0.25, -0.2) is 9.78 Å². The van der Waals surface area contributed by atoms with E-state index in [1.54, 1.807) is 36.6 Å². The molecule has 1 aromatic carbocycles. The molecular formula is C15H17NO4S. The van der Waals surface area contributed by atoms with Crippen molar-refractivity contribution < 1.29 is 19.0 Å². The lowest BCUT2D eigenvalue weighted by atomic mass is 10.2. The Morgan fingerprint density at radius 2 is 2.10 bits per heavy atom. The maximum absolute atomic E-state index is 12.1. The summed E-state index contributed by atoms with van der Waals surface area (Å²) in [6.45, 7) is 2.20. The van der Waals surface area contributed by atoms with E-state index in [0.29, 0.717) is 17.1 Å². The Bertz CT molecular complexity index is 624. The number of rotatable bonds is 6. The second-order valence-corrected chi connectivity index (χ2v) is 5.17. The molecule has 0 saturated carbocycles. The Kier molecular flexibility index (Phi) is 5.16. The molecule has 0 N–H and O–H groups in total. The summed E-state index contributed by atoms with van der Waals surface area (Å²) in [6, 6.07) is 4.96. The van der Waals surface area contributed by atoms with Crippen molar-refractivity contribution in [2.75, 3.05) is 14.2 Å². The molecule has 6 heteroatoms. The number of nitrogens with zero attached hydrogens (tertiary/aromatic N) is 1. The molecule has 0 radical (unpaired) electrons. The first kappa shape index (κ1) is 15.3. The number of ether oxygens (including phenoxy) is 3. The van der Waals surface area contributed by atoms with E-state index >= 15 is 0 Å². The van der Waals surface area contributed by atoms with E-state index in [1.165, 1.54) is 7.11 Å². The van der Waals surface area contributed by atoms with E-state index < -0.39 is 5.97 Å². The first-order valence-corrected chi connectivity index (χ1v) is 7.38. The smallest absolute Gasteiger partial charge is 0.342 e. The fraction of sp³-hybridized carbons (Fsp3) is 0.333. The highest BCUT2D eigenvalue weighted by atomic mass is 32.1. The summed E-state index contributed by atoms with van der Waals surface area (Å²) in [5, 5.41) is 2.93. The number of carbonyl (C=O) groups is 1. The molecule has 0 aliphatic carbocycles. The van der Waals surface area contributed by atoms with Crippen LogP contribution in [-0.4, -0.2) is 25.2 Å². The Balaban J connectivity index is 2.06. The Labute approximate surface area is 127 Å². The molecule has 0 amide bonds. The third-order valence-corrected chi connectivity index (χ3v) is 3.92. The SMILES string of the molecule is CCc1nc(COC(=O)c2ccc(OC)cc2OC)cs1. The van der Waals surface area contributed by atoms with Crippen LogP contribution < -0.4 is 9.47 Å². The molecule has 0 spiro atoms. The van der Waals surface area contributed by atoms with Crippen molar-refractivity contribution >= 4 is 17.3 Å². The minimum Gasteiger partial charge on any atom is -0.497 e. The standard InChI is InChI=1S/C15H17NO4S/c1-4-14-16-10(9-21-14)8-20-15(17)12-6-5-11(18-2)7-13(12)19-3/h5-7,9H,4,8H2,1-3H3. The fourth-order valence-corrected chi connectivity index (χ4v) is 2.49. The van der Waals surface area contributed by atoms with Gasteiger partial charge in [-0.3, -0.25) is 0 Å². The van der Waals surface area contributed by atoms with Crippen LogP contribution in [0.3, 0.4) is 0 Å². The Morgan fingerprint density at radius 3 is 2.71 bits per heavy atom. The number of methoxy groups -OCH3 is 2. The predicted octanol–water partition coefficient (Wildman–Crippen LogP) is 3.08. The topological polar surface area (TPSA) is 57.7 Å². The van der Waals surface area contributed by atoms with Crippen LogP contribution in [0.2, 0.25) is 0 Å². The Hall–Kier alpha value is -2.08. The lowest BCUT2D eigenvalue weighted by Crippen LogP contribution is -2.07. The first-order valence-electron chi connectivity index (χ1n) is 6.50. The second-order valence-electron chi connectivity index (χ2n) is 4.23. The molecule has 1 heterocycles.